The summed E-state index contributed by atoms with van der Waals surface area (Å²) in [6, 6.07) is 5.73. The molecule has 0 saturated carbocycles. The summed E-state index contributed by atoms with van der Waals surface area (Å²) in [5.41, 5.74) is -1.70. The molecule has 1 aromatic rings. The van der Waals surface area contributed by atoms with Gasteiger partial charge >= 0.3 is 5.97 Å². The Morgan fingerprint density at radius 3 is 2.35 bits per heavy atom. The van der Waals surface area contributed by atoms with Crippen molar-refractivity contribution in [2.75, 3.05) is 26.9 Å². The van der Waals surface area contributed by atoms with E-state index in [4.69, 9.17) is 18.9 Å². The highest BCUT2D eigenvalue weighted by Crippen LogP contribution is 2.32. The average molecular weight is 446 g/mol. The van der Waals surface area contributed by atoms with Crippen molar-refractivity contribution in [1.29, 1.82) is 0 Å². The molecule has 0 spiro atoms. The summed E-state index contributed by atoms with van der Waals surface area (Å²) in [5.74, 6) is -0.351. The van der Waals surface area contributed by atoms with Crippen LogP contribution in [-0.2, 0) is 18.9 Å². The van der Waals surface area contributed by atoms with Gasteiger partial charge in [0.25, 0.3) is 0 Å². The van der Waals surface area contributed by atoms with Crippen molar-refractivity contribution in [3.63, 3.8) is 0 Å². The Morgan fingerprint density at radius 2 is 1.81 bits per heavy atom. The largest absolute Gasteiger partial charge is 0.465 e. The van der Waals surface area contributed by atoms with E-state index in [9.17, 15) is 35.4 Å². The lowest BCUT2D eigenvalue weighted by Gasteiger charge is -2.42. The third-order valence-electron chi connectivity index (χ3n) is 5.22. The fourth-order valence-electron chi connectivity index (χ4n) is 3.28. The summed E-state index contributed by atoms with van der Waals surface area (Å²) < 4.78 is 26.5. The van der Waals surface area contributed by atoms with Crippen LogP contribution >= 0.6 is 0 Å². The van der Waals surface area contributed by atoms with Crippen molar-refractivity contribution in [2.45, 2.75) is 48.7 Å². The molecule has 0 bridgehead atoms. The molecular formula is C19H26O12. The third-order valence-corrected chi connectivity index (χ3v) is 5.22. The molecule has 8 atom stereocenters. The molecule has 0 aliphatic carbocycles. The van der Waals surface area contributed by atoms with Gasteiger partial charge in [0.1, 0.15) is 35.8 Å². The Hall–Kier alpha value is -1.87. The van der Waals surface area contributed by atoms with Crippen LogP contribution in [0.3, 0.4) is 0 Å². The number of aliphatic hydroxyl groups is 6. The molecule has 174 valence electrons. The highest BCUT2D eigenvalue weighted by Gasteiger charge is 2.53. The first-order valence-electron chi connectivity index (χ1n) is 9.50. The van der Waals surface area contributed by atoms with Gasteiger partial charge in [0, 0.05) is 0 Å². The number of hydrogen-bond donors (Lipinski definition) is 6. The number of hydrogen-bond acceptors (Lipinski definition) is 12. The summed E-state index contributed by atoms with van der Waals surface area (Å²) >= 11 is 0. The maximum Gasteiger partial charge on any atom is 0.337 e. The monoisotopic (exact) mass is 446 g/mol. The molecule has 12 heteroatoms. The summed E-state index contributed by atoms with van der Waals surface area (Å²) in [6.45, 7) is -1.85. The number of ether oxygens (including phenoxy) is 5. The molecule has 0 aromatic heterocycles. The van der Waals surface area contributed by atoms with Gasteiger partial charge in [-0.3, -0.25) is 0 Å². The molecule has 2 aliphatic rings. The van der Waals surface area contributed by atoms with Crippen molar-refractivity contribution in [3.8, 4) is 5.75 Å². The minimum absolute atomic E-state index is 0.200. The lowest BCUT2D eigenvalue weighted by molar-refractivity contribution is -0.318. The molecule has 0 radical (unpaired) electrons. The number of esters is 1. The van der Waals surface area contributed by atoms with Gasteiger partial charge in [0.2, 0.25) is 6.29 Å². The smallest absolute Gasteiger partial charge is 0.337 e. The maximum atomic E-state index is 11.6. The zero-order valence-electron chi connectivity index (χ0n) is 16.6. The normalized spacial score (nSPS) is 38.1. The van der Waals surface area contributed by atoms with Crippen LogP contribution in [0.25, 0.3) is 0 Å². The maximum absolute atomic E-state index is 11.6. The van der Waals surface area contributed by atoms with Crippen LogP contribution in [0.15, 0.2) is 24.3 Å². The molecule has 1 unspecified atom stereocenters. The fourth-order valence-corrected chi connectivity index (χ4v) is 3.28. The average Bonchev–Trinajstić information content (AvgIpc) is 3.07. The topological polar surface area (TPSA) is 185 Å². The van der Waals surface area contributed by atoms with E-state index < -0.39 is 74.5 Å². The van der Waals surface area contributed by atoms with Crippen LogP contribution in [0.2, 0.25) is 0 Å². The van der Waals surface area contributed by atoms with Crippen molar-refractivity contribution in [3.05, 3.63) is 29.8 Å². The molecule has 1 aromatic carbocycles. The molecule has 2 saturated heterocycles. The van der Waals surface area contributed by atoms with E-state index in [1.165, 1.54) is 31.4 Å². The highest BCUT2D eigenvalue weighted by atomic mass is 16.8. The predicted octanol–water partition coefficient (Wildman–Crippen LogP) is -2.88. The van der Waals surface area contributed by atoms with Gasteiger partial charge < -0.3 is 54.3 Å². The molecule has 3 rings (SSSR count). The van der Waals surface area contributed by atoms with Crippen LogP contribution in [0.4, 0.5) is 0 Å². The molecule has 6 N–H and O–H groups in total. The molecule has 2 heterocycles. The first kappa shape index (κ1) is 23.8. The second-order valence-electron chi connectivity index (χ2n) is 7.33. The lowest BCUT2D eigenvalue weighted by Crippen LogP contribution is -2.62. The van der Waals surface area contributed by atoms with Gasteiger partial charge in [-0.1, -0.05) is 0 Å². The zero-order chi connectivity index (χ0) is 22.8. The molecular weight excluding hydrogens is 420 g/mol. The minimum atomic E-state index is -1.96. The van der Waals surface area contributed by atoms with E-state index in [1.807, 2.05) is 0 Å². The van der Waals surface area contributed by atoms with E-state index in [0.29, 0.717) is 0 Å². The number of methoxy groups -OCH3 is 1. The van der Waals surface area contributed by atoms with E-state index >= 15 is 0 Å². The Morgan fingerprint density at radius 1 is 1.13 bits per heavy atom. The highest BCUT2D eigenvalue weighted by molar-refractivity contribution is 5.89. The molecule has 31 heavy (non-hydrogen) atoms. The Labute approximate surface area is 177 Å². The van der Waals surface area contributed by atoms with Crippen molar-refractivity contribution >= 4 is 5.97 Å². The zero-order valence-corrected chi connectivity index (χ0v) is 16.6. The van der Waals surface area contributed by atoms with Crippen LogP contribution in [0, 0.1) is 0 Å². The van der Waals surface area contributed by atoms with Crippen molar-refractivity contribution in [1.82, 2.24) is 0 Å². The number of aliphatic hydroxyl groups excluding tert-OH is 5. The fraction of sp³-hybridized carbons (Fsp3) is 0.632. The number of rotatable bonds is 7. The molecule has 12 nitrogen and oxygen atoms in total. The van der Waals surface area contributed by atoms with Crippen LogP contribution in [0.1, 0.15) is 10.4 Å². The van der Waals surface area contributed by atoms with Gasteiger partial charge in [-0.15, -0.1) is 0 Å². The van der Waals surface area contributed by atoms with Gasteiger partial charge in [-0.25, -0.2) is 4.79 Å². The predicted molar refractivity (Wildman–Crippen MR) is 98.8 cm³/mol. The third kappa shape index (κ3) is 4.82. The van der Waals surface area contributed by atoms with Gasteiger partial charge in [0.15, 0.2) is 12.4 Å². The van der Waals surface area contributed by atoms with Crippen LogP contribution in [0.5, 0.6) is 5.75 Å². The number of carbonyl (C=O) groups is 1. The van der Waals surface area contributed by atoms with E-state index in [2.05, 4.69) is 4.74 Å². The summed E-state index contributed by atoms with van der Waals surface area (Å²) in [4.78, 5) is 11.6. The molecule has 0 amide bonds. The first-order valence-corrected chi connectivity index (χ1v) is 9.50. The summed E-state index contributed by atoms with van der Waals surface area (Å²) in [5, 5.41) is 59.7. The molecule has 2 aliphatic heterocycles. The van der Waals surface area contributed by atoms with Crippen molar-refractivity contribution in [2.24, 2.45) is 0 Å². The van der Waals surface area contributed by atoms with E-state index in [1.54, 1.807) is 0 Å². The first-order chi connectivity index (χ1) is 14.7. The second kappa shape index (κ2) is 9.73. The van der Waals surface area contributed by atoms with Gasteiger partial charge in [-0.05, 0) is 24.3 Å². The number of carbonyl (C=O) groups excluding carboxylic acids is 1. The Bertz CT molecular complexity index is 742. The van der Waals surface area contributed by atoms with Crippen LogP contribution in [-0.4, -0.2) is 112 Å². The SMILES string of the molecule is COC(=O)c1ccc(O[C@@H]2O[C@H](CO)[C@@H](O)[C@H](O)[C@H]2O[C@@H]2OCC(O)(CO)[C@H]2O)cc1. The Kier molecular flexibility index (Phi) is 7.47. The van der Waals surface area contributed by atoms with Crippen LogP contribution < -0.4 is 4.74 Å². The lowest BCUT2D eigenvalue weighted by atomic mass is 9.98. The summed E-state index contributed by atoms with van der Waals surface area (Å²) in [7, 11) is 1.24. The minimum Gasteiger partial charge on any atom is -0.465 e. The molecule has 2 fully saturated rings. The van der Waals surface area contributed by atoms with E-state index in [0.717, 1.165) is 0 Å². The quantitative estimate of drug-likeness (QED) is 0.235. The van der Waals surface area contributed by atoms with Crippen molar-refractivity contribution < 1.29 is 59.1 Å². The van der Waals surface area contributed by atoms with Gasteiger partial charge in [-0.2, -0.15) is 0 Å². The van der Waals surface area contributed by atoms with Gasteiger partial charge in [0.05, 0.1) is 32.5 Å². The summed E-state index contributed by atoms with van der Waals surface area (Å²) in [6.07, 6.45) is -10.3. The second-order valence-corrected chi connectivity index (χ2v) is 7.33. The number of benzene rings is 1. The Balaban J connectivity index is 1.78. The standard InChI is InChI=1S/C19H26O12/c1-27-16(25)9-2-4-10(5-3-9)29-17-14(13(23)12(22)11(6-20)30-17)31-18-15(24)19(26,7-21)8-28-18/h2-5,11-15,17-18,20-24,26H,6-8H2,1H3/t11-,12-,13+,14-,15+,17-,18+,19?/m1/s1. The van der Waals surface area contributed by atoms with E-state index in [-0.39, 0.29) is 11.3 Å².